The zero-order chi connectivity index (χ0) is 12.3. The molecule has 0 saturated heterocycles. The molecule has 0 saturated carbocycles. The zero-order valence-electron chi connectivity index (χ0n) is 10.2. The Morgan fingerprint density at radius 1 is 1.35 bits per heavy atom. The van der Waals surface area contributed by atoms with Gasteiger partial charge in [-0.15, -0.1) is 0 Å². The zero-order valence-corrected chi connectivity index (χ0v) is 10.2. The van der Waals surface area contributed by atoms with Crippen molar-refractivity contribution in [1.82, 2.24) is 4.90 Å². The monoisotopic (exact) mass is 233 g/mol. The number of benzene rings is 1. The normalized spacial score (nSPS) is 15.1. The molecule has 2 rings (SSSR count). The second kappa shape index (κ2) is 5.19. The number of fused-ring (bicyclic) bond motifs is 1. The summed E-state index contributed by atoms with van der Waals surface area (Å²) in [5, 5.41) is 0. The predicted octanol–water partition coefficient (Wildman–Crippen LogP) is 1.80. The van der Waals surface area contributed by atoms with Gasteiger partial charge in [0.05, 0.1) is 5.69 Å². The van der Waals surface area contributed by atoms with Crippen LogP contribution in [-0.4, -0.2) is 30.6 Å². The van der Waals surface area contributed by atoms with Gasteiger partial charge in [0.2, 0.25) is 0 Å². The fraction of sp³-hybridized carbons (Fsp3) is 0.462. The SMILES string of the molecule is CCN1C(=O)N(CCCN)Cc2ccccc21. The number of nitrogens with zero attached hydrogens (tertiary/aromatic N) is 2. The van der Waals surface area contributed by atoms with Crippen LogP contribution in [0.25, 0.3) is 0 Å². The van der Waals surface area contributed by atoms with Crippen molar-refractivity contribution in [3.05, 3.63) is 29.8 Å². The first kappa shape index (κ1) is 11.9. The van der Waals surface area contributed by atoms with Gasteiger partial charge in [0.1, 0.15) is 0 Å². The molecule has 2 N–H and O–H groups in total. The van der Waals surface area contributed by atoms with E-state index in [0.29, 0.717) is 19.6 Å². The lowest BCUT2D eigenvalue weighted by atomic mass is 10.1. The number of hydrogen-bond acceptors (Lipinski definition) is 2. The first-order valence-corrected chi connectivity index (χ1v) is 6.12. The minimum absolute atomic E-state index is 0.0969. The van der Waals surface area contributed by atoms with E-state index < -0.39 is 0 Å². The van der Waals surface area contributed by atoms with Crippen LogP contribution in [-0.2, 0) is 6.54 Å². The molecule has 0 atom stereocenters. The van der Waals surface area contributed by atoms with E-state index in [1.54, 1.807) is 0 Å². The number of nitrogens with two attached hydrogens (primary N) is 1. The highest BCUT2D eigenvalue weighted by molar-refractivity contribution is 5.94. The summed E-state index contributed by atoms with van der Waals surface area (Å²) in [4.78, 5) is 15.9. The van der Waals surface area contributed by atoms with Crippen molar-refractivity contribution in [2.24, 2.45) is 5.73 Å². The number of amides is 2. The molecule has 92 valence electrons. The Labute approximate surface area is 102 Å². The van der Waals surface area contributed by atoms with Gasteiger partial charge in [-0.1, -0.05) is 18.2 Å². The number of carbonyl (C=O) groups is 1. The third kappa shape index (κ3) is 2.26. The van der Waals surface area contributed by atoms with Gasteiger partial charge < -0.3 is 10.6 Å². The quantitative estimate of drug-likeness (QED) is 0.862. The number of urea groups is 1. The molecule has 17 heavy (non-hydrogen) atoms. The van der Waals surface area contributed by atoms with E-state index in [0.717, 1.165) is 18.7 Å². The maximum atomic E-state index is 12.2. The summed E-state index contributed by atoms with van der Waals surface area (Å²) >= 11 is 0. The number of para-hydroxylation sites is 1. The van der Waals surface area contributed by atoms with E-state index >= 15 is 0 Å². The second-order valence-electron chi connectivity index (χ2n) is 4.22. The molecule has 1 aromatic carbocycles. The lowest BCUT2D eigenvalue weighted by Gasteiger charge is -2.36. The van der Waals surface area contributed by atoms with Gasteiger partial charge >= 0.3 is 6.03 Å². The average molecular weight is 233 g/mol. The van der Waals surface area contributed by atoms with Crippen molar-refractivity contribution in [3.63, 3.8) is 0 Å². The highest BCUT2D eigenvalue weighted by atomic mass is 16.2. The molecule has 1 heterocycles. The molecule has 4 heteroatoms. The Kier molecular flexibility index (Phi) is 3.64. The van der Waals surface area contributed by atoms with Crippen LogP contribution < -0.4 is 10.6 Å². The van der Waals surface area contributed by atoms with E-state index in [9.17, 15) is 4.79 Å². The summed E-state index contributed by atoms with van der Waals surface area (Å²) in [6.45, 7) is 4.76. The second-order valence-corrected chi connectivity index (χ2v) is 4.22. The Morgan fingerprint density at radius 3 is 2.82 bits per heavy atom. The fourth-order valence-electron chi connectivity index (χ4n) is 2.22. The van der Waals surface area contributed by atoms with E-state index in [2.05, 4.69) is 6.07 Å². The van der Waals surface area contributed by atoms with Crippen molar-refractivity contribution in [2.75, 3.05) is 24.5 Å². The fourth-order valence-corrected chi connectivity index (χ4v) is 2.22. The minimum atomic E-state index is 0.0969. The van der Waals surface area contributed by atoms with Crippen LogP contribution in [0.1, 0.15) is 18.9 Å². The van der Waals surface area contributed by atoms with Crippen molar-refractivity contribution in [2.45, 2.75) is 19.9 Å². The summed E-state index contributed by atoms with van der Waals surface area (Å²) in [5.41, 5.74) is 7.76. The van der Waals surface area contributed by atoms with Crippen LogP contribution in [0.15, 0.2) is 24.3 Å². The molecule has 0 radical (unpaired) electrons. The predicted molar refractivity (Wildman–Crippen MR) is 68.9 cm³/mol. The Hall–Kier alpha value is -1.55. The molecule has 1 aromatic rings. The summed E-state index contributed by atoms with van der Waals surface area (Å²) in [7, 11) is 0. The molecule has 2 amide bonds. The third-order valence-corrected chi connectivity index (χ3v) is 3.09. The van der Waals surface area contributed by atoms with Gasteiger partial charge in [0.15, 0.2) is 0 Å². The molecule has 4 nitrogen and oxygen atoms in total. The topological polar surface area (TPSA) is 49.6 Å². The molecule has 1 aliphatic rings. The highest BCUT2D eigenvalue weighted by Gasteiger charge is 2.28. The Bertz CT molecular complexity index is 405. The molecule has 0 aromatic heterocycles. The van der Waals surface area contributed by atoms with E-state index in [4.69, 9.17) is 5.73 Å². The van der Waals surface area contributed by atoms with Gasteiger partial charge in [-0.3, -0.25) is 4.90 Å². The standard InChI is InChI=1S/C13H19N3O/c1-2-16-12-7-4-3-6-11(12)10-15(13(16)17)9-5-8-14/h3-4,6-7H,2,5,8-10,14H2,1H3. The molecule has 1 aliphatic heterocycles. The summed E-state index contributed by atoms with van der Waals surface area (Å²) in [6, 6.07) is 8.18. The molecule has 0 fully saturated rings. The van der Waals surface area contributed by atoms with Crippen molar-refractivity contribution < 1.29 is 4.79 Å². The van der Waals surface area contributed by atoms with Crippen LogP contribution >= 0.6 is 0 Å². The largest absolute Gasteiger partial charge is 0.330 e. The van der Waals surface area contributed by atoms with Gasteiger partial charge in [-0.05, 0) is 31.5 Å². The number of carbonyl (C=O) groups excluding carboxylic acids is 1. The van der Waals surface area contributed by atoms with Gasteiger partial charge in [-0.25, -0.2) is 4.79 Å². The minimum Gasteiger partial charge on any atom is -0.330 e. The van der Waals surface area contributed by atoms with Crippen molar-refractivity contribution in [1.29, 1.82) is 0 Å². The number of hydrogen-bond donors (Lipinski definition) is 1. The Morgan fingerprint density at radius 2 is 2.12 bits per heavy atom. The number of rotatable bonds is 4. The molecular formula is C13H19N3O. The number of anilines is 1. The molecule has 0 spiro atoms. The first-order valence-electron chi connectivity index (χ1n) is 6.12. The van der Waals surface area contributed by atoms with Crippen LogP contribution in [0.3, 0.4) is 0 Å². The lowest BCUT2D eigenvalue weighted by molar-refractivity contribution is 0.198. The van der Waals surface area contributed by atoms with E-state index in [1.165, 1.54) is 5.56 Å². The maximum absolute atomic E-state index is 12.2. The average Bonchev–Trinajstić information content (AvgIpc) is 2.36. The Balaban J connectivity index is 2.25. The molecule has 0 unspecified atom stereocenters. The van der Waals surface area contributed by atoms with Crippen molar-refractivity contribution >= 4 is 11.7 Å². The highest BCUT2D eigenvalue weighted by Crippen LogP contribution is 2.27. The van der Waals surface area contributed by atoms with E-state index in [-0.39, 0.29) is 6.03 Å². The smallest absolute Gasteiger partial charge is 0.324 e. The molecule has 0 aliphatic carbocycles. The molecular weight excluding hydrogens is 214 g/mol. The van der Waals surface area contributed by atoms with Crippen LogP contribution in [0.5, 0.6) is 0 Å². The first-order chi connectivity index (χ1) is 8.27. The summed E-state index contributed by atoms with van der Waals surface area (Å²) in [5.74, 6) is 0. The van der Waals surface area contributed by atoms with Gasteiger partial charge in [0, 0.05) is 19.6 Å². The van der Waals surface area contributed by atoms with Gasteiger partial charge in [0.25, 0.3) is 0 Å². The van der Waals surface area contributed by atoms with Gasteiger partial charge in [-0.2, -0.15) is 0 Å². The van der Waals surface area contributed by atoms with Crippen LogP contribution in [0.2, 0.25) is 0 Å². The molecule has 0 bridgehead atoms. The summed E-state index contributed by atoms with van der Waals surface area (Å²) < 4.78 is 0. The maximum Gasteiger partial charge on any atom is 0.324 e. The lowest BCUT2D eigenvalue weighted by Crippen LogP contribution is -2.47. The summed E-state index contributed by atoms with van der Waals surface area (Å²) in [6.07, 6.45) is 0.853. The van der Waals surface area contributed by atoms with Crippen LogP contribution in [0.4, 0.5) is 10.5 Å². The third-order valence-electron chi connectivity index (χ3n) is 3.09. The van der Waals surface area contributed by atoms with E-state index in [1.807, 2.05) is 34.9 Å². The van der Waals surface area contributed by atoms with Crippen molar-refractivity contribution in [3.8, 4) is 0 Å². The van der Waals surface area contributed by atoms with Crippen LogP contribution in [0, 0.1) is 0 Å².